The summed E-state index contributed by atoms with van der Waals surface area (Å²) in [5.41, 5.74) is 2.80. The Balaban J connectivity index is 0.00000125. The lowest BCUT2D eigenvalue weighted by Gasteiger charge is -2.09. The van der Waals surface area contributed by atoms with E-state index in [1.165, 1.54) is 24.3 Å². The van der Waals surface area contributed by atoms with E-state index < -0.39 is 23.6 Å². The number of esters is 2. The fraction of sp³-hybridized carbons (Fsp3) is 0.176. The molecule has 0 fully saturated rings. The van der Waals surface area contributed by atoms with Crippen molar-refractivity contribution in [1.82, 2.24) is 0 Å². The quantitative estimate of drug-likeness (QED) is 0.142. The number of hydrogen-bond acceptors (Lipinski definition) is 4. The van der Waals surface area contributed by atoms with Crippen LogP contribution in [0.2, 0.25) is 0 Å². The summed E-state index contributed by atoms with van der Waals surface area (Å²) in [5, 5.41) is 0. The maximum Gasteiger partial charge on any atom is 0.346 e. The van der Waals surface area contributed by atoms with Crippen LogP contribution < -0.4 is 9.47 Å². The summed E-state index contributed by atoms with van der Waals surface area (Å²) < 4.78 is 38.5. The van der Waals surface area contributed by atoms with Crippen LogP contribution in [-0.4, -0.2) is 11.9 Å². The van der Waals surface area contributed by atoms with Gasteiger partial charge in [0.1, 0.15) is 23.1 Å². The summed E-state index contributed by atoms with van der Waals surface area (Å²) >= 11 is 0. The van der Waals surface area contributed by atoms with Gasteiger partial charge in [-0.3, -0.25) is 0 Å². The molecule has 0 amide bonds. The fourth-order valence-corrected chi connectivity index (χ4v) is 3.33. The van der Waals surface area contributed by atoms with E-state index in [1.54, 1.807) is 74.5 Å². The number of ether oxygens (including phenoxy) is 2. The Morgan fingerprint density at radius 1 is 0.550 bits per heavy atom. The third-order valence-corrected chi connectivity index (χ3v) is 5.15. The van der Waals surface area contributed by atoms with Gasteiger partial charge in [-0.15, -0.1) is 13.2 Å². The molecule has 0 spiro atoms. The molecule has 0 heterocycles. The van der Waals surface area contributed by atoms with E-state index in [1.807, 2.05) is 27.7 Å². The average Bonchev–Trinajstić information content (AvgIpc) is 2.97. The molecule has 0 N–H and O–H groups in total. The minimum absolute atomic E-state index is 0.134. The molecule has 4 aromatic carbocycles. The highest BCUT2D eigenvalue weighted by atomic mass is 19.1. The minimum atomic E-state index is -0.776. The van der Waals surface area contributed by atoms with Crippen molar-refractivity contribution in [3.63, 3.8) is 0 Å². The maximum absolute atomic E-state index is 14.0. The van der Waals surface area contributed by atoms with Crippen LogP contribution in [0, 0.1) is 25.5 Å². The van der Waals surface area contributed by atoms with E-state index in [2.05, 4.69) is 13.2 Å². The number of carbonyl (C=O) groups excluding carboxylic acids is 2. The predicted molar refractivity (Wildman–Crippen MR) is 158 cm³/mol. The molecule has 0 atom stereocenters. The topological polar surface area (TPSA) is 52.6 Å². The molecule has 0 saturated carbocycles. The molecule has 4 nitrogen and oxygen atoms in total. The minimum Gasteiger partial charge on any atom is -0.423 e. The first-order chi connectivity index (χ1) is 19.3. The predicted octanol–water partition coefficient (Wildman–Crippen LogP) is 9.54. The van der Waals surface area contributed by atoms with Crippen LogP contribution in [0.15, 0.2) is 98.1 Å². The van der Waals surface area contributed by atoms with E-state index >= 15 is 0 Å². The van der Waals surface area contributed by atoms with E-state index in [9.17, 15) is 18.4 Å². The molecule has 0 unspecified atom stereocenters. The van der Waals surface area contributed by atoms with Gasteiger partial charge in [-0.05, 0) is 84.6 Å². The second kappa shape index (κ2) is 17.1. The van der Waals surface area contributed by atoms with Crippen molar-refractivity contribution in [3.05, 3.63) is 132 Å². The lowest BCUT2D eigenvalue weighted by atomic mass is 10.1. The van der Waals surface area contributed by atoms with Gasteiger partial charge in [-0.1, -0.05) is 64.1 Å². The first-order valence-corrected chi connectivity index (χ1v) is 13.0. The number of hydrogen-bond donors (Lipinski definition) is 0. The van der Waals surface area contributed by atoms with E-state index in [0.29, 0.717) is 11.1 Å². The molecule has 210 valence electrons. The van der Waals surface area contributed by atoms with Gasteiger partial charge < -0.3 is 9.47 Å². The molecule has 0 saturated heterocycles. The standard InChI is InChI=1S/C28H20F2O4.2C2H6.C2H4/c1-17-3-13-23(25(29)15-17)27(31)33-21-9-5-19(6-10-21)20-7-11-22(12-8-20)34-28(32)24-14-4-18(2)16-26(24)30;3*1-2/h3-16H,1-2H3;2*1-2H3;1-2H2. The van der Waals surface area contributed by atoms with Crippen LogP contribution in [0.1, 0.15) is 59.5 Å². The zero-order chi connectivity index (χ0) is 30.2. The highest BCUT2D eigenvalue weighted by Crippen LogP contribution is 2.26. The largest absolute Gasteiger partial charge is 0.423 e. The third kappa shape index (κ3) is 9.31. The normalized spacial score (nSPS) is 9.40. The molecule has 0 aliphatic heterocycles. The lowest BCUT2D eigenvalue weighted by molar-refractivity contribution is 0.0720. The Labute approximate surface area is 235 Å². The number of carbonyl (C=O) groups is 2. The number of rotatable bonds is 5. The summed E-state index contributed by atoms with van der Waals surface area (Å²) in [6.07, 6.45) is 0. The van der Waals surface area contributed by atoms with Crippen molar-refractivity contribution in [2.24, 2.45) is 0 Å². The fourth-order valence-electron chi connectivity index (χ4n) is 3.33. The lowest BCUT2D eigenvalue weighted by Crippen LogP contribution is -2.10. The molecule has 6 heteroatoms. The average molecular weight is 547 g/mol. The molecular formula is C34H36F2O4. The second-order valence-corrected chi connectivity index (χ2v) is 7.79. The van der Waals surface area contributed by atoms with Crippen molar-refractivity contribution < 1.29 is 27.8 Å². The Hall–Kier alpha value is -4.58. The molecule has 4 rings (SSSR count). The monoisotopic (exact) mass is 546 g/mol. The van der Waals surface area contributed by atoms with Crippen LogP contribution in [0.25, 0.3) is 11.1 Å². The Morgan fingerprint density at radius 3 is 1.12 bits per heavy atom. The Kier molecular flexibility index (Phi) is 14.3. The van der Waals surface area contributed by atoms with Crippen molar-refractivity contribution in [2.45, 2.75) is 41.5 Å². The van der Waals surface area contributed by atoms with Gasteiger partial charge in [-0.2, -0.15) is 0 Å². The molecule has 0 bridgehead atoms. The van der Waals surface area contributed by atoms with Gasteiger partial charge >= 0.3 is 11.9 Å². The molecule has 40 heavy (non-hydrogen) atoms. The summed E-state index contributed by atoms with van der Waals surface area (Å²) in [6, 6.07) is 22.0. The van der Waals surface area contributed by atoms with Crippen molar-refractivity contribution in [3.8, 4) is 22.6 Å². The summed E-state index contributed by atoms with van der Waals surface area (Å²) in [4.78, 5) is 24.5. The maximum atomic E-state index is 14.0. The molecule has 0 aliphatic carbocycles. The van der Waals surface area contributed by atoms with Crippen molar-refractivity contribution in [2.75, 3.05) is 0 Å². The number of halogens is 2. The summed E-state index contributed by atoms with van der Waals surface area (Å²) in [7, 11) is 0. The molecule has 4 aromatic rings. The number of benzene rings is 4. The highest BCUT2D eigenvalue weighted by molar-refractivity contribution is 5.92. The zero-order valence-corrected chi connectivity index (χ0v) is 23.9. The van der Waals surface area contributed by atoms with Crippen LogP contribution in [0.4, 0.5) is 8.78 Å². The van der Waals surface area contributed by atoms with Gasteiger partial charge in [-0.25, -0.2) is 18.4 Å². The van der Waals surface area contributed by atoms with Crippen LogP contribution in [-0.2, 0) is 0 Å². The zero-order valence-electron chi connectivity index (χ0n) is 23.9. The highest BCUT2D eigenvalue weighted by Gasteiger charge is 2.15. The van der Waals surface area contributed by atoms with Gasteiger partial charge in [0, 0.05) is 0 Å². The van der Waals surface area contributed by atoms with Gasteiger partial charge in [0.05, 0.1) is 11.1 Å². The van der Waals surface area contributed by atoms with Crippen molar-refractivity contribution >= 4 is 11.9 Å². The first-order valence-electron chi connectivity index (χ1n) is 13.0. The molecule has 0 radical (unpaired) electrons. The van der Waals surface area contributed by atoms with Gasteiger partial charge in [0.15, 0.2) is 0 Å². The van der Waals surface area contributed by atoms with E-state index in [0.717, 1.165) is 11.1 Å². The molecule has 0 aromatic heterocycles. The Morgan fingerprint density at radius 2 is 0.850 bits per heavy atom. The smallest absolute Gasteiger partial charge is 0.346 e. The second-order valence-electron chi connectivity index (χ2n) is 7.79. The van der Waals surface area contributed by atoms with E-state index in [4.69, 9.17) is 9.47 Å². The van der Waals surface area contributed by atoms with Crippen molar-refractivity contribution in [1.29, 1.82) is 0 Å². The molecular weight excluding hydrogens is 510 g/mol. The van der Waals surface area contributed by atoms with Gasteiger partial charge in [0.2, 0.25) is 0 Å². The first kappa shape index (κ1) is 33.4. The summed E-state index contributed by atoms with van der Waals surface area (Å²) in [6.45, 7) is 17.5. The van der Waals surface area contributed by atoms with Gasteiger partial charge in [0.25, 0.3) is 0 Å². The third-order valence-electron chi connectivity index (χ3n) is 5.15. The van der Waals surface area contributed by atoms with Crippen LogP contribution in [0.5, 0.6) is 11.5 Å². The number of aryl methyl sites for hydroxylation is 2. The Bertz CT molecular complexity index is 1270. The summed E-state index contributed by atoms with van der Waals surface area (Å²) in [5.74, 6) is -2.26. The van der Waals surface area contributed by atoms with E-state index in [-0.39, 0.29) is 22.6 Å². The molecule has 0 aliphatic rings. The SMILES string of the molecule is C=C.CC.CC.Cc1ccc(C(=O)Oc2ccc(-c3ccc(OC(=O)c4ccc(C)cc4F)cc3)cc2)c(F)c1. The van der Waals surface area contributed by atoms with Crippen LogP contribution in [0.3, 0.4) is 0 Å². The van der Waals surface area contributed by atoms with Crippen LogP contribution >= 0.6 is 0 Å².